The van der Waals surface area contributed by atoms with Gasteiger partial charge in [-0.15, -0.1) is 0 Å². The Morgan fingerprint density at radius 2 is 1.91 bits per heavy atom. The van der Waals surface area contributed by atoms with Crippen molar-refractivity contribution in [3.05, 3.63) is 24.3 Å². The van der Waals surface area contributed by atoms with Gasteiger partial charge in [0, 0.05) is 12.2 Å². The SMILES string of the molecule is O=C(Nc1ccc(OCC2CCCCC2)cc1)C1CCNC1. The summed E-state index contributed by atoms with van der Waals surface area (Å²) in [4.78, 5) is 12.0. The Kier molecular flexibility index (Phi) is 5.33. The van der Waals surface area contributed by atoms with Crippen LogP contribution in [0.2, 0.25) is 0 Å². The first-order valence-corrected chi connectivity index (χ1v) is 8.56. The number of amides is 1. The van der Waals surface area contributed by atoms with Gasteiger partial charge in [-0.3, -0.25) is 4.79 Å². The molecular formula is C18H26N2O2. The van der Waals surface area contributed by atoms with Crippen LogP contribution in [0.1, 0.15) is 38.5 Å². The van der Waals surface area contributed by atoms with Gasteiger partial charge in [-0.25, -0.2) is 0 Å². The summed E-state index contributed by atoms with van der Waals surface area (Å²) >= 11 is 0. The van der Waals surface area contributed by atoms with Crippen LogP contribution in [0.3, 0.4) is 0 Å². The summed E-state index contributed by atoms with van der Waals surface area (Å²) in [6.45, 7) is 2.54. The fourth-order valence-electron chi connectivity index (χ4n) is 3.33. The van der Waals surface area contributed by atoms with Gasteiger partial charge >= 0.3 is 0 Å². The minimum absolute atomic E-state index is 0.0993. The summed E-state index contributed by atoms with van der Waals surface area (Å²) in [5.74, 6) is 1.82. The first-order chi connectivity index (χ1) is 10.8. The summed E-state index contributed by atoms with van der Waals surface area (Å²) in [5, 5.41) is 6.20. The molecule has 0 spiro atoms. The van der Waals surface area contributed by atoms with Crippen LogP contribution in [-0.4, -0.2) is 25.6 Å². The van der Waals surface area contributed by atoms with E-state index in [0.29, 0.717) is 5.92 Å². The van der Waals surface area contributed by atoms with Crippen LogP contribution < -0.4 is 15.4 Å². The summed E-state index contributed by atoms with van der Waals surface area (Å²) in [6, 6.07) is 7.75. The maximum atomic E-state index is 12.0. The van der Waals surface area contributed by atoms with E-state index >= 15 is 0 Å². The number of nitrogens with one attached hydrogen (secondary N) is 2. The Labute approximate surface area is 132 Å². The molecule has 1 aromatic rings. The number of benzene rings is 1. The molecule has 120 valence electrons. The third kappa shape index (κ3) is 4.23. The van der Waals surface area contributed by atoms with Crippen LogP contribution in [0.5, 0.6) is 5.75 Å². The molecule has 2 N–H and O–H groups in total. The smallest absolute Gasteiger partial charge is 0.228 e. The molecule has 2 fully saturated rings. The summed E-state index contributed by atoms with van der Waals surface area (Å²) < 4.78 is 5.88. The molecule has 1 saturated carbocycles. The summed E-state index contributed by atoms with van der Waals surface area (Å²) in [5.41, 5.74) is 0.849. The largest absolute Gasteiger partial charge is 0.493 e. The minimum atomic E-state index is 0.0993. The number of anilines is 1. The van der Waals surface area contributed by atoms with Gasteiger partial charge in [0.15, 0.2) is 0 Å². The maximum absolute atomic E-state index is 12.0. The number of hydrogen-bond donors (Lipinski definition) is 2. The minimum Gasteiger partial charge on any atom is -0.493 e. The van der Waals surface area contributed by atoms with E-state index in [1.807, 2.05) is 24.3 Å². The average Bonchev–Trinajstić information content (AvgIpc) is 3.10. The van der Waals surface area contributed by atoms with Gasteiger partial charge in [0.1, 0.15) is 5.75 Å². The van der Waals surface area contributed by atoms with Crippen LogP contribution in [0.4, 0.5) is 5.69 Å². The Morgan fingerprint density at radius 1 is 1.14 bits per heavy atom. The zero-order valence-electron chi connectivity index (χ0n) is 13.1. The molecule has 4 heteroatoms. The van der Waals surface area contributed by atoms with Crippen molar-refractivity contribution in [1.29, 1.82) is 0 Å². The fraction of sp³-hybridized carbons (Fsp3) is 0.611. The zero-order valence-corrected chi connectivity index (χ0v) is 13.1. The molecule has 0 bridgehead atoms. The quantitative estimate of drug-likeness (QED) is 0.878. The van der Waals surface area contributed by atoms with Crippen molar-refractivity contribution >= 4 is 11.6 Å². The number of carbonyl (C=O) groups is 1. The second kappa shape index (κ2) is 7.63. The first kappa shape index (κ1) is 15.3. The highest BCUT2D eigenvalue weighted by Crippen LogP contribution is 2.25. The number of rotatable bonds is 5. The van der Waals surface area contributed by atoms with E-state index in [0.717, 1.165) is 37.6 Å². The fourth-order valence-corrected chi connectivity index (χ4v) is 3.33. The molecule has 0 aromatic heterocycles. The van der Waals surface area contributed by atoms with Crippen LogP contribution >= 0.6 is 0 Å². The van der Waals surface area contributed by atoms with Crippen molar-refractivity contribution in [1.82, 2.24) is 5.32 Å². The molecule has 1 aliphatic heterocycles. The molecule has 22 heavy (non-hydrogen) atoms. The van der Waals surface area contributed by atoms with E-state index in [-0.39, 0.29) is 11.8 Å². The van der Waals surface area contributed by atoms with Crippen molar-refractivity contribution in [3.8, 4) is 5.75 Å². The third-order valence-electron chi connectivity index (χ3n) is 4.76. The number of ether oxygens (including phenoxy) is 1. The molecule has 1 heterocycles. The maximum Gasteiger partial charge on any atom is 0.228 e. The Bertz CT molecular complexity index is 474. The lowest BCUT2D eigenvalue weighted by molar-refractivity contribution is -0.119. The van der Waals surface area contributed by atoms with Crippen LogP contribution in [0, 0.1) is 11.8 Å². The molecular weight excluding hydrogens is 276 g/mol. The third-order valence-corrected chi connectivity index (χ3v) is 4.76. The van der Waals surface area contributed by atoms with Gasteiger partial charge in [0.25, 0.3) is 0 Å². The number of carbonyl (C=O) groups excluding carboxylic acids is 1. The molecule has 1 unspecified atom stereocenters. The Morgan fingerprint density at radius 3 is 2.59 bits per heavy atom. The van der Waals surface area contributed by atoms with Gasteiger partial charge in [0.05, 0.1) is 12.5 Å². The van der Waals surface area contributed by atoms with Gasteiger partial charge < -0.3 is 15.4 Å². The van der Waals surface area contributed by atoms with E-state index in [4.69, 9.17) is 4.74 Å². The standard InChI is InChI=1S/C18H26N2O2/c21-18(15-10-11-19-12-15)20-16-6-8-17(9-7-16)22-13-14-4-2-1-3-5-14/h6-9,14-15,19H,1-5,10-13H2,(H,20,21). The highest BCUT2D eigenvalue weighted by molar-refractivity contribution is 5.92. The molecule has 1 saturated heterocycles. The van der Waals surface area contributed by atoms with Crippen LogP contribution in [0.25, 0.3) is 0 Å². The van der Waals surface area contributed by atoms with Crippen molar-refractivity contribution < 1.29 is 9.53 Å². The molecule has 1 aliphatic carbocycles. The summed E-state index contributed by atoms with van der Waals surface area (Å²) in [7, 11) is 0. The van der Waals surface area contributed by atoms with Crippen molar-refractivity contribution in [3.63, 3.8) is 0 Å². The van der Waals surface area contributed by atoms with Gasteiger partial charge in [-0.2, -0.15) is 0 Å². The van der Waals surface area contributed by atoms with E-state index in [1.165, 1.54) is 32.1 Å². The number of hydrogen-bond acceptors (Lipinski definition) is 3. The van der Waals surface area contributed by atoms with Gasteiger partial charge in [-0.05, 0) is 56.0 Å². The zero-order chi connectivity index (χ0) is 15.2. The highest BCUT2D eigenvalue weighted by atomic mass is 16.5. The predicted octanol–water partition coefficient (Wildman–Crippen LogP) is 3.19. The topological polar surface area (TPSA) is 50.4 Å². The normalized spacial score (nSPS) is 22.5. The average molecular weight is 302 g/mol. The highest BCUT2D eigenvalue weighted by Gasteiger charge is 2.22. The lowest BCUT2D eigenvalue weighted by Gasteiger charge is -2.21. The van der Waals surface area contributed by atoms with E-state index < -0.39 is 0 Å². The van der Waals surface area contributed by atoms with Crippen molar-refractivity contribution in [2.24, 2.45) is 11.8 Å². The Hall–Kier alpha value is -1.55. The first-order valence-electron chi connectivity index (χ1n) is 8.56. The molecule has 0 radical (unpaired) electrons. The molecule has 4 nitrogen and oxygen atoms in total. The molecule has 2 aliphatic rings. The Balaban J connectivity index is 1.46. The lowest BCUT2D eigenvalue weighted by Crippen LogP contribution is -2.24. The van der Waals surface area contributed by atoms with E-state index in [1.54, 1.807) is 0 Å². The predicted molar refractivity (Wildman–Crippen MR) is 88.1 cm³/mol. The molecule has 1 atom stereocenters. The van der Waals surface area contributed by atoms with Crippen LogP contribution in [-0.2, 0) is 4.79 Å². The second-order valence-corrected chi connectivity index (χ2v) is 6.52. The molecule has 1 amide bonds. The van der Waals surface area contributed by atoms with E-state index in [2.05, 4.69) is 10.6 Å². The second-order valence-electron chi connectivity index (χ2n) is 6.52. The van der Waals surface area contributed by atoms with E-state index in [9.17, 15) is 4.79 Å². The van der Waals surface area contributed by atoms with Gasteiger partial charge in [-0.1, -0.05) is 19.3 Å². The molecule has 1 aromatic carbocycles. The van der Waals surface area contributed by atoms with Crippen LogP contribution in [0.15, 0.2) is 24.3 Å². The van der Waals surface area contributed by atoms with Gasteiger partial charge in [0.2, 0.25) is 5.91 Å². The summed E-state index contributed by atoms with van der Waals surface area (Å²) in [6.07, 6.45) is 7.58. The molecule has 3 rings (SSSR count). The van der Waals surface area contributed by atoms with Crippen molar-refractivity contribution in [2.45, 2.75) is 38.5 Å². The monoisotopic (exact) mass is 302 g/mol. The van der Waals surface area contributed by atoms with Crippen molar-refractivity contribution in [2.75, 3.05) is 25.0 Å². The lowest BCUT2D eigenvalue weighted by atomic mass is 9.90.